The molecule has 4 aromatic rings. The van der Waals surface area contributed by atoms with Gasteiger partial charge in [-0.25, -0.2) is 9.97 Å². The van der Waals surface area contributed by atoms with Crippen molar-refractivity contribution in [2.45, 2.75) is 13.8 Å². The van der Waals surface area contributed by atoms with Gasteiger partial charge in [0, 0.05) is 29.0 Å². The molecule has 0 atom stereocenters. The fourth-order valence-electron chi connectivity index (χ4n) is 2.64. The van der Waals surface area contributed by atoms with E-state index in [1.54, 1.807) is 40.4 Å². The largest absolute Gasteiger partial charge is 0.321 e. The van der Waals surface area contributed by atoms with Gasteiger partial charge < -0.3 is 5.32 Å². The van der Waals surface area contributed by atoms with Crippen molar-refractivity contribution in [1.29, 1.82) is 0 Å². The van der Waals surface area contributed by atoms with Crippen LogP contribution < -0.4 is 5.32 Å². The highest BCUT2D eigenvalue weighted by atomic mass is 32.1. The molecule has 1 amide bonds. The number of carbonyl (C=O) groups excluding carboxylic acids is 1. The number of rotatable bonds is 4. The van der Waals surface area contributed by atoms with E-state index in [2.05, 4.69) is 25.5 Å². The Kier molecular flexibility index (Phi) is 4.47. The van der Waals surface area contributed by atoms with Gasteiger partial charge in [0.2, 0.25) is 0 Å². The van der Waals surface area contributed by atoms with Crippen molar-refractivity contribution >= 4 is 22.9 Å². The first-order valence-electron chi connectivity index (χ1n) is 8.28. The number of aryl methyl sites for hydroxylation is 2. The summed E-state index contributed by atoms with van der Waals surface area (Å²) in [5, 5.41) is 14.0. The smallest absolute Gasteiger partial charge is 0.276 e. The molecule has 27 heavy (non-hydrogen) atoms. The van der Waals surface area contributed by atoms with Crippen LogP contribution in [0.5, 0.6) is 0 Å². The van der Waals surface area contributed by atoms with Gasteiger partial charge in [-0.1, -0.05) is 12.1 Å². The van der Waals surface area contributed by atoms with Gasteiger partial charge in [0.15, 0.2) is 11.5 Å². The van der Waals surface area contributed by atoms with E-state index in [1.807, 2.05) is 43.5 Å². The SMILES string of the molecule is Cc1nc(-c2cccc(NC(=O)c3ccc(-n4ccnc4C)nn3)c2)cs1. The number of nitrogens with zero attached hydrogens (tertiary/aromatic N) is 5. The highest BCUT2D eigenvalue weighted by molar-refractivity contribution is 7.09. The van der Waals surface area contributed by atoms with E-state index in [1.165, 1.54) is 0 Å². The number of imidazole rings is 1. The number of amides is 1. The number of nitrogens with one attached hydrogen (secondary N) is 1. The van der Waals surface area contributed by atoms with Crippen LogP contribution >= 0.6 is 11.3 Å². The summed E-state index contributed by atoms with van der Waals surface area (Å²) in [5.41, 5.74) is 2.77. The lowest BCUT2D eigenvalue weighted by Crippen LogP contribution is -2.15. The maximum absolute atomic E-state index is 12.5. The summed E-state index contributed by atoms with van der Waals surface area (Å²) >= 11 is 1.59. The van der Waals surface area contributed by atoms with E-state index in [-0.39, 0.29) is 11.6 Å². The number of anilines is 1. The van der Waals surface area contributed by atoms with Gasteiger partial charge in [0.05, 0.1) is 10.7 Å². The summed E-state index contributed by atoms with van der Waals surface area (Å²) < 4.78 is 1.80. The Labute approximate surface area is 159 Å². The van der Waals surface area contributed by atoms with Crippen LogP contribution in [0.4, 0.5) is 5.69 Å². The van der Waals surface area contributed by atoms with Crippen molar-refractivity contribution in [3.8, 4) is 17.1 Å². The maximum atomic E-state index is 12.5. The van der Waals surface area contributed by atoms with Crippen molar-refractivity contribution in [3.63, 3.8) is 0 Å². The van der Waals surface area contributed by atoms with Crippen LogP contribution in [0.1, 0.15) is 21.3 Å². The normalized spacial score (nSPS) is 10.7. The minimum Gasteiger partial charge on any atom is -0.321 e. The third kappa shape index (κ3) is 3.61. The van der Waals surface area contributed by atoms with Gasteiger partial charge in [0.1, 0.15) is 5.82 Å². The predicted octanol–water partition coefficient (Wildman–Crippen LogP) is 3.65. The Balaban J connectivity index is 1.52. The van der Waals surface area contributed by atoms with E-state index in [4.69, 9.17) is 0 Å². The summed E-state index contributed by atoms with van der Waals surface area (Å²) in [5.74, 6) is 1.10. The van der Waals surface area contributed by atoms with E-state index in [0.717, 1.165) is 22.1 Å². The summed E-state index contributed by atoms with van der Waals surface area (Å²) in [4.78, 5) is 21.1. The summed E-state index contributed by atoms with van der Waals surface area (Å²) in [7, 11) is 0. The average Bonchev–Trinajstić information content (AvgIpc) is 3.30. The molecule has 0 aliphatic carbocycles. The Morgan fingerprint density at radius 3 is 2.70 bits per heavy atom. The predicted molar refractivity (Wildman–Crippen MR) is 104 cm³/mol. The molecule has 4 rings (SSSR count). The number of thiazole rings is 1. The number of hydrogen-bond acceptors (Lipinski definition) is 6. The highest BCUT2D eigenvalue weighted by Gasteiger charge is 2.11. The van der Waals surface area contributed by atoms with Gasteiger partial charge in [-0.3, -0.25) is 9.36 Å². The van der Waals surface area contributed by atoms with E-state index in [9.17, 15) is 4.79 Å². The first-order valence-corrected chi connectivity index (χ1v) is 9.16. The molecule has 0 bridgehead atoms. The first kappa shape index (κ1) is 17.0. The molecular formula is C19H16N6OS. The zero-order valence-electron chi connectivity index (χ0n) is 14.7. The lowest BCUT2D eigenvalue weighted by atomic mass is 10.1. The Morgan fingerprint density at radius 2 is 2.04 bits per heavy atom. The molecule has 7 nitrogen and oxygen atoms in total. The van der Waals surface area contributed by atoms with Crippen molar-refractivity contribution in [2.75, 3.05) is 5.32 Å². The van der Waals surface area contributed by atoms with Crippen LogP contribution in [-0.2, 0) is 0 Å². The molecule has 0 saturated carbocycles. The average molecular weight is 376 g/mol. The quantitative estimate of drug-likeness (QED) is 0.587. The van der Waals surface area contributed by atoms with Crippen LogP contribution in [-0.4, -0.2) is 30.6 Å². The summed E-state index contributed by atoms with van der Waals surface area (Å²) in [6.45, 7) is 3.84. The lowest BCUT2D eigenvalue weighted by Gasteiger charge is -2.07. The van der Waals surface area contributed by atoms with Crippen molar-refractivity contribution in [1.82, 2.24) is 24.7 Å². The molecule has 0 radical (unpaired) electrons. The van der Waals surface area contributed by atoms with Crippen LogP contribution in [0.3, 0.4) is 0 Å². The summed E-state index contributed by atoms with van der Waals surface area (Å²) in [6.07, 6.45) is 3.49. The molecule has 0 unspecified atom stereocenters. The third-order valence-electron chi connectivity index (χ3n) is 3.99. The molecule has 1 N–H and O–H groups in total. The van der Waals surface area contributed by atoms with Gasteiger partial charge in [-0.05, 0) is 38.1 Å². The molecule has 3 aromatic heterocycles. The first-order chi connectivity index (χ1) is 13.1. The molecule has 0 fully saturated rings. The van der Waals surface area contributed by atoms with E-state index in [0.29, 0.717) is 11.5 Å². The van der Waals surface area contributed by atoms with E-state index >= 15 is 0 Å². The van der Waals surface area contributed by atoms with Crippen molar-refractivity contribution in [3.05, 3.63) is 70.7 Å². The standard InChI is InChI=1S/C19H16N6OS/c1-12-20-8-9-25(12)18-7-6-16(23-24-18)19(26)22-15-5-3-4-14(10-15)17-11-27-13(2)21-17/h3-11H,1-2H3,(H,22,26). The zero-order valence-corrected chi connectivity index (χ0v) is 15.6. The van der Waals surface area contributed by atoms with Gasteiger partial charge in [-0.2, -0.15) is 0 Å². The molecule has 0 saturated heterocycles. The minimum absolute atomic E-state index is 0.242. The van der Waals surface area contributed by atoms with Gasteiger partial charge >= 0.3 is 0 Å². The molecule has 134 valence electrons. The third-order valence-corrected chi connectivity index (χ3v) is 4.76. The topological polar surface area (TPSA) is 85.6 Å². The molecule has 8 heteroatoms. The molecule has 0 spiro atoms. The van der Waals surface area contributed by atoms with Crippen LogP contribution in [0.15, 0.2) is 54.2 Å². The maximum Gasteiger partial charge on any atom is 0.276 e. The Hall–Kier alpha value is -3.39. The second-order valence-electron chi connectivity index (χ2n) is 5.91. The molecule has 0 aliphatic heterocycles. The second-order valence-corrected chi connectivity index (χ2v) is 6.97. The Morgan fingerprint density at radius 1 is 1.15 bits per heavy atom. The van der Waals surface area contributed by atoms with Crippen LogP contribution in [0.2, 0.25) is 0 Å². The Bertz CT molecular complexity index is 1100. The van der Waals surface area contributed by atoms with Crippen LogP contribution in [0.25, 0.3) is 17.1 Å². The summed E-state index contributed by atoms with van der Waals surface area (Å²) in [6, 6.07) is 11.0. The second kappa shape index (κ2) is 7.08. The molecule has 3 heterocycles. The molecule has 1 aromatic carbocycles. The van der Waals surface area contributed by atoms with Crippen molar-refractivity contribution in [2.24, 2.45) is 0 Å². The number of benzene rings is 1. The minimum atomic E-state index is -0.317. The highest BCUT2D eigenvalue weighted by Crippen LogP contribution is 2.24. The molecule has 0 aliphatic rings. The fourth-order valence-corrected chi connectivity index (χ4v) is 3.26. The van der Waals surface area contributed by atoms with Gasteiger partial charge in [-0.15, -0.1) is 21.5 Å². The zero-order chi connectivity index (χ0) is 18.8. The monoisotopic (exact) mass is 376 g/mol. The van der Waals surface area contributed by atoms with Gasteiger partial charge in [0.25, 0.3) is 5.91 Å². The number of carbonyl (C=O) groups is 1. The van der Waals surface area contributed by atoms with Crippen molar-refractivity contribution < 1.29 is 4.79 Å². The number of hydrogen-bond donors (Lipinski definition) is 1. The number of aromatic nitrogens is 5. The lowest BCUT2D eigenvalue weighted by molar-refractivity contribution is 0.102. The van der Waals surface area contributed by atoms with Crippen LogP contribution in [0, 0.1) is 13.8 Å². The van der Waals surface area contributed by atoms with E-state index < -0.39 is 0 Å². The molecular weight excluding hydrogens is 360 g/mol. The fraction of sp³-hybridized carbons (Fsp3) is 0.105.